The van der Waals surface area contributed by atoms with E-state index in [0.29, 0.717) is 10.8 Å². The van der Waals surface area contributed by atoms with Crippen LogP contribution in [0.15, 0.2) is 23.1 Å². The van der Waals surface area contributed by atoms with Crippen LogP contribution in [0.4, 0.5) is 0 Å². The molecule has 96 valence electrons. The van der Waals surface area contributed by atoms with E-state index in [4.69, 9.17) is 12.6 Å². The van der Waals surface area contributed by atoms with Crippen LogP contribution in [-0.4, -0.2) is 0 Å². The van der Waals surface area contributed by atoms with Crippen LogP contribution >= 0.6 is 12.6 Å². The molecule has 1 heteroatoms. The third-order valence-electron chi connectivity index (χ3n) is 2.64. The van der Waals surface area contributed by atoms with E-state index in [1.807, 2.05) is 0 Å². The van der Waals surface area contributed by atoms with E-state index in [9.17, 15) is 0 Å². The summed E-state index contributed by atoms with van der Waals surface area (Å²) in [4.78, 5) is 1.19. The summed E-state index contributed by atoms with van der Waals surface area (Å²) in [5.74, 6) is 0. The van der Waals surface area contributed by atoms with Crippen LogP contribution in [0.5, 0.6) is 0 Å². The van der Waals surface area contributed by atoms with Crippen molar-refractivity contribution in [3.63, 3.8) is 0 Å². The molecular formula is C16H26S. The molecule has 0 saturated carbocycles. The van der Waals surface area contributed by atoms with E-state index in [1.54, 1.807) is 0 Å². The number of thiol groups is 1. The van der Waals surface area contributed by atoms with Crippen molar-refractivity contribution >= 4 is 12.6 Å². The molecule has 0 aliphatic carbocycles. The van der Waals surface area contributed by atoms with Gasteiger partial charge in [-0.2, -0.15) is 0 Å². The van der Waals surface area contributed by atoms with Crippen molar-refractivity contribution < 1.29 is 0 Å². The Morgan fingerprint density at radius 3 is 1.47 bits per heavy atom. The lowest BCUT2D eigenvalue weighted by Gasteiger charge is -2.23. The zero-order chi connectivity index (χ0) is 13.3. The van der Waals surface area contributed by atoms with Gasteiger partial charge in [-0.15, -0.1) is 12.6 Å². The van der Waals surface area contributed by atoms with Gasteiger partial charge in [-0.25, -0.2) is 0 Å². The minimum Gasteiger partial charge on any atom is -0.143 e. The molecule has 0 amide bonds. The molecule has 0 atom stereocenters. The molecule has 0 saturated heterocycles. The van der Waals surface area contributed by atoms with Gasteiger partial charge in [0.05, 0.1) is 0 Å². The second-order valence-electron chi connectivity index (χ2n) is 7.40. The van der Waals surface area contributed by atoms with Gasteiger partial charge in [0.1, 0.15) is 0 Å². The minimum absolute atomic E-state index is 0.317. The molecule has 0 spiro atoms. The highest BCUT2D eigenvalue weighted by atomic mass is 32.1. The first kappa shape index (κ1) is 14.6. The Bertz CT molecular complexity index is 343. The van der Waals surface area contributed by atoms with E-state index in [1.165, 1.54) is 16.0 Å². The average Bonchev–Trinajstić information content (AvgIpc) is 2.07. The Morgan fingerprint density at radius 1 is 0.824 bits per heavy atom. The van der Waals surface area contributed by atoms with Crippen LogP contribution in [0.2, 0.25) is 0 Å². The second kappa shape index (κ2) is 5.06. The third kappa shape index (κ3) is 5.16. The van der Waals surface area contributed by atoms with Crippen molar-refractivity contribution in [1.82, 2.24) is 0 Å². The largest absolute Gasteiger partial charge is 0.143 e. The van der Waals surface area contributed by atoms with E-state index < -0.39 is 0 Å². The first-order valence-electron chi connectivity index (χ1n) is 6.38. The van der Waals surface area contributed by atoms with Gasteiger partial charge in [-0.3, -0.25) is 0 Å². The normalized spacial score (nSPS) is 12.9. The molecule has 0 unspecified atom stereocenters. The van der Waals surface area contributed by atoms with Gasteiger partial charge in [-0.05, 0) is 34.8 Å². The van der Waals surface area contributed by atoms with Crippen LogP contribution in [0, 0.1) is 10.8 Å². The standard InChI is InChI=1S/C16H26S/c1-15(2,3)10-12-8-7-9-13(14(12)17)11-16(4,5)6/h7-9,17H,10-11H2,1-6H3. The van der Waals surface area contributed by atoms with Crippen LogP contribution in [0.25, 0.3) is 0 Å². The summed E-state index contributed by atoms with van der Waals surface area (Å²) in [5.41, 5.74) is 3.39. The predicted molar refractivity (Wildman–Crippen MR) is 80.0 cm³/mol. The molecule has 0 N–H and O–H groups in total. The lowest BCUT2D eigenvalue weighted by atomic mass is 9.84. The Labute approximate surface area is 112 Å². The molecule has 0 bridgehead atoms. The first-order valence-corrected chi connectivity index (χ1v) is 6.83. The fraction of sp³-hybridized carbons (Fsp3) is 0.625. The molecule has 0 heterocycles. The molecular weight excluding hydrogens is 224 g/mol. The Morgan fingerprint density at radius 2 is 1.18 bits per heavy atom. The Hall–Kier alpha value is -0.430. The minimum atomic E-state index is 0.317. The molecule has 0 radical (unpaired) electrons. The summed E-state index contributed by atoms with van der Waals surface area (Å²) >= 11 is 4.74. The van der Waals surface area contributed by atoms with Crippen molar-refractivity contribution in [3.05, 3.63) is 29.3 Å². The molecule has 1 aromatic carbocycles. The molecule has 17 heavy (non-hydrogen) atoms. The number of hydrogen-bond acceptors (Lipinski definition) is 1. The van der Waals surface area contributed by atoms with E-state index in [0.717, 1.165) is 12.8 Å². The van der Waals surface area contributed by atoms with Crippen molar-refractivity contribution in [1.29, 1.82) is 0 Å². The van der Waals surface area contributed by atoms with Gasteiger partial charge in [0.15, 0.2) is 0 Å². The van der Waals surface area contributed by atoms with Crippen molar-refractivity contribution in [2.24, 2.45) is 10.8 Å². The number of rotatable bonds is 2. The van der Waals surface area contributed by atoms with Crippen LogP contribution in [0.3, 0.4) is 0 Å². The molecule has 1 aromatic rings. The fourth-order valence-corrected chi connectivity index (χ4v) is 2.38. The van der Waals surface area contributed by atoms with E-state index >= 15 is 0 Å². The van der Waals surface area contributed by atoms with Gasteiger partial charge in [0.2, 0.25) is 0 Å². The average molecular weight is 250 g/mol. The lowest BCUT2D eigenvalue weighted by molar-refractivity contribution is 0.400. The summed E-state index contributed by atoms with van der Waals surface area (Å²) in [5, 5.41) is 0. The lowest BCUT2D eigenvalue weighted by Crippen LogP contribution is -2.13. The highest BCUT2D eigenvalue weighted by Crippen LogP contribution is 2.30. The quantitative estimate of drug-likeness (QED) is 0.689. The molecule has 0 aliphatic heterocycles. The van der Waals surface area contributed by atoms with Gasteiger partial charge in [0, 0.05) is 4.90 Å². The first-order chi connectivity index (χ1) is 7.58. The van der Waals surface area contributed by atoms with Crippen LogP contribution in [0.1, 0.15) is 52.7 Å². The number of hydrogen-bond donors (Lipinski definition) is 1. The summed E-state index contributed by atoms with van der Waals surface area (Å²) in [6.07, 6.45) is 2.17. The van der Waals surface area contributed by atoms with Gasteiger partial charge >= 0.3 is 0 Å². The van der Waals surface area contributed by atoms with E-state index in [-0.39, 0.29) is 0 Å². The Kier molecular flexibility index (Phi) is 4.35. The summed E-state index contributed by atoms with van der Waals surface area (Å²) in [6, 6.07) is 6.58. The molecule has 1 rings (SSSR count). The highest BCUT2D eigenvalue weighted by Gasteiger charge is 2.17. The monoisotopic (exact) mass is 250 g/mol. The van der Waals surface area contributed by atoms with Crippen molar-refractivity contribution in [2.75, 3.05) is 0 Å². The molecule has 0 fully saturated rings. The van der Waals surface area contributed by atoms with Crippen molar-refractivity contribution in [3.8, 4) is 0 Å². The predicted octanol–water partition coefficient (Wildman–Crippen LogP) is 5.15. The van der Waals surface area contributed by atoms with Crippen LogP contribution < -0.4 is 0 Å². The van der Waals surface area contributed by atoms with Gasteiger partial charge in [-0.1, -0.05) is 59.7 Å². The van der Waals surface area contributed by atoms with E-state index in [2.05, 4.69) is 59.7 Å². The summed E-state index contributed by atoms with van der Waals surface area (Å²) in [7, 11) is 0. The maximum Gasteiger partial charge on any atom is 0.0105 e. The maximum absolute atomic E-state index is 4.74. The third-order valence-corrected chi connectivity index (χ3v) is 3.22. The SMILES string of the molecule is CC(C)(C)Cc1cccc(CC(C)(C)C)c1S. The molecule has 0 nitrogen and oxygen atoms in total. The fourth-order valence-electron chi connectivity index (χ4n) is 2.07. The summed E-state index contributed by atoms with van der Waals surface area (Å²) in [6.45, 7) is 13.6. The molecule has 0 aromatic heterocycles. The smallest absolute Gasteiger partial charge is 0.0105 e. The zero-order valence-corrected chi connectivity index (χ0v) is 13.0. The van der Waals surface area contributed by atoms with Gasteiger partial charge < -0.3 is 0 Å². The van der Waals surface area contributed by atoms with Crippen LogP contribution in [-0.2, 0) is 12.8 Å². The van der Waals surface area contributed by atoms with Gasteiger partial charge in [0.25, 0.3) is 0 Å². The zero-order valence-electron chi connectivity index (χ0n) is 12.1. The van der Waals surface area contributed by atoms with Crippen molar-refractivity contribution in [2.45, 2.75) is 59.3 Å². The second-order valence-corrected chi connectivity index (χ2v) is 7.85. The Balaban J connectivity index is 3.00. The summed E-state index contributed by atoms with van der Waals surface area (Å²) < 4.78 is 0. The number of benzene rings is 1. The molecule has 0 aliphatic rings. The maximum atomic E-state index is 4.74. The topological polar surface area (TPSA) is 0 Å². The highest BCUT2D eigenvalue weighted by molar-refractivity contribution is 7.80.